The smallest absolute Gasteiger partial charge is 0.225 e. The van der Waals surface area contributed by atoms with Crippen molar-refractivity contribution in [2.45, 2.75) is 19.0 Å². The molecule has 1 aromatic carbocycles. The summed E-state index contributed by atoms with van der Waals surface area (Å²) in [7, 11) is 3.31. The summed E-state index contributed by atoms with van der Waals surface area (Å²) in [6, 6.07) is 12.7. The first-order chi connectivity index (χ1) is 14.2. The number of carbonyl (C=O) groups is 1. The van der Waals surface area contributed by atoms with Crippen LogP contribution < -0.4 is 4.74 Å². The number of rotatable bonds is 7. The molecule has 3 heterocycles. The van der Waals surface area contributed by atoms with Gasteiger partial charge in [0, 0.05) is 45.4 Å². The highest BCUT2D eigenvalue weighted by Crippen LogP contribution is 2.45. The van der Waals surface area contributed by atoms with E-state index in [1.807, 2.05) is 12.3 Å². The standard InChI is InChI=1S/C23H29N3O3/c1-28-9-8-22(27)26-15-19-14-25(13-17-10-20(29-2)12-24-11-17)16-21(19)23(26)18-6-4-3-5-7-18/h3-7,10-12,19,21,23H,8-9,13-16H2,1-2H3/t19-,21-,23+/m0/s1. The van der Waals surface area contributed by atoms with Gasteiger partial charge in [-0.3, -0.25) is 14.7 Å². The highest BCUT2D eigenvalue weighted by atomic mass is 16.5. The Hall–Kier alpha value is -2.44. The fraction of sp³-hybridized carbons (Fsp3) is 0.478. The maximum Gasteiger partial charge on any atom is 0.225 e. The maximum atomic E-state index is 12.9. The van der Waals surface area contributed by atoms with Gasteiger partial charge in [-0.25, -0.2) is 0 Å². The second-order valence-corrected chi connectivity index (χ2v) is 8.00. The van der Waals surface area contributed by atoms with Gasteiger partial charge >= 0.3 is 0 Å². The lowest BCUT2D eigenvalue weighted by Crippen LogP contribution is -2.36. The maximum absolute atomic E-state index is 12.9. The number of amides is 1. The predicted molar refractivity (Wildman–Crippen MR) is 110 cm³/mol. The minimum Gasteiger partial charge on any atom is -0.495 e. The summed E-state index contributed by atoms with van der Waals surface area (Å²) in [6.45, 7) is 4.13. The molecule has 0 radical (unpaired) electrons. The van der Waals surface area contributed by atoms with Crippen molar-refractivity contribution in [2.75, 3.05) is 40.5 Å². The number of fused-ring (bicyclic) bond motifs is 1. The van der Waals surface area contributed by atoms with Crippen molar-refractivity contribution in [3.05, 3.63) is 59.9 Å². The first-order valence-electron chi connectivity index (χ1n) is 10.2. The number of pyridine rings is 1. The van der Waals surface area contributed by atoms with Crippen molar-refractivity contribution in [1.82, 2.24) is 14.8 Å². The topological polar surface area (TPSA) is 54.9 Å². The summed E-state index contributed by atoms with van der Waals surface area (Å²) >= 11 is 0. The van der Waals surface area contributed by atoms with Crippen LogP contribution in [0.4, 0.5) is 0 Å². The Morgan fingerprint density at radius 3 is 2.72 bits per heavy atom. The van der Waals surface area contributed by atoms with E-state index in [1.54, 1.807) is 20.4 Å². The minimum atomic E-state index is 0.138. The number of likely N-dealkylation sites (tertiary alicyclic amines) is 2. The monoisotopic (exact) mass is 395 g/mol. The van der Waals surface area contributed by atoms with E-state index in [9.17, 15) is 4.79 Å². The fourth-order valence-corrected chi connectivity index (χ4v) is 4.85. The van der Waals surface area contributed by atoms with Crippen LogP contribution in [-0.2, 0) is 16.1 Å². The molecule has 0 bridgehead atoms. The van der Waals surface area contributed by atoms with Crippen molar-refractivity contribution in [3.8, 4) is 5.75 Å². The average Bonchev–Trinajstić information content (AvgIpc) is 3.30. The van der Waals surface area contributed by atoms with Crippen LogP contribution in [-0.4, -0.2) is 61.2 Å². The molecule has 2 saturated heterocycles. The molecule has 0 saturated carbocycles. The molecule has 2 aliphatic rings. The summed E-state index contributed by atoms with van der Waals surface area (Å²) in [5.41, 5.74) is 2.39. The summed E-state index contributed by atoms with van der Waals surface area (Å²) in [4.78, 5) is 21.7. The SMILES string of the molecule is COCCC(=O)N1C[C@@H]2CN(Cc3cncc(OC)c3)C[C@@H]2[C@H]1c1ccccc1. The molecule has 6 nitrogen and oxygen atoms in total. The van der Waals surface area contributed by atoms with E-state index in [4.69, 9.17) is 9.47 Å². The second-order valence-electron chi connectivity index (χ2n) is 8.00. The molecule has 2 fully saturated rings. The van der Waals surface area contributed by atoms with Crippen LogP contribution in [0, 0.1) is 11.8 Å². The largest absolute Gasteiger partial charge is 0.495 e. The molecule has 0 aliphatic carbocycles. The van der Waals surface area contributed by atoms with Crippen LogP contribution in [0.5, 0.6) is 5.75 Å². The molecule has 0 spiro atoms. The Morgan fingerprint density at radius 2 is 1.97 bits per heavy atom. The number of ether oxygens (including phenoxy) is 2. The lowest BCUT2D eigenvalue weighted by molar-refractivity contribution is -0.133. The highest BCUT2D eigenvalue weighted by molar-refractivity contribution is 5.77. The number of benzene rings is 1. The van der Waals surface area contributed by atoms with Crippen molar-refractivity contribution in [1.29, 1.82) is 0 Å². The van der Waals surface area contributed by atoms with E-state index < -0.39 is 0 Å². The van der Waals surface area contributed by atoms with Crippen LogP contribution in [0.25, 0.3) is 0 Å². The van der Waals surface area contributed by atoms with Crippen LogP contribution in [0.3, 0.4) is 0 Å². The normalized spacial score (nSPS) is 23.9. The van der Waals surface area contributed by atoms with Gasteiger partial charge in [0.15, 0.2) is 0 Å². The van der Waals surface area contributed by atoms with Gasteiger partial charge in [0.25, 0.3) is 0 Å². The van der Waals surface area contributed by atoms with Gasteiger partial charge in [-0.05, 0) is 23.1 Å². The van der Waals surface area contributed by atoms with Crippen molar-refractivity contribution < 1.29 is 14.3 Å². The van der Waals surface area contributed by atoms with Crippen LogP contribution in [0.1, 0.15) is 23.6 Å². The molecule has 29 heavy (non-hydrogen) atoms. The first-order valence-corrected chi connectivity index (χ1v) is 10.2. The molecule has 0 unspecified atom stereocenters. The van der Waals surface area contributed by atoms with Crippen molar-refractivity contribution in [3.63, 3.8) is 0 Å². The molecule has 6 heteroatoms. The van der Waals surface area contributed by atoms with Crippen LogP contribution in [0.2, 0.25) is 0 Å². The Kier molecular flexibility index (Phi) is 6.11. The number of aromatic nitrogens is 1. The van der Waals surface area contributed by atoms with Gasteiger partial charge in [0.1, 0.15) is 5.75 Å². The van der Waals surface area contributed by atoms with Gasteiger partial charge < -0.3 is 14.4 Å². The van der Waals surface area contributed by atoms with Gasteiger partial charge in [0.05, 0.1) is 32.4 Å². The molecule has 3 atom stereocenters. The molecule has 2 aromatic rings. The Balaban J connectivity index is 1.50. The average molecular weight is 396 g/mol. The second kappa shape index (κ2) is 8.93. The minimum absolute atomic E-state index is 0.138. The van der Waals surface area contributed by atoms with Gasteiger partial charge in [-0.2, -0.15) is 0 Å². The zero-order valence-electron chi connectivity index (χ0n) is 17.2. The molecular weight excluding hydrogens is 366 g/mol. The van der Waals surface area contributed by atoms with E-state index >= 15 is 0 Å². The van der Waals surface area contributed by atoms with Gasteiger partial charge in [-0.15, -0.1) is 0 Å². The van der Waals surface area contributed by atoms with Crippen LogP contribution in [0.15, 0.2) is 48.8 Å². The van der Waals surface area contributed by atoms with Crippen molar-refractivity contribution >= 4 is 5.91 Å². The lowest BCUT2D eigenvalue weighted by atomic mass is 9.89. The zero-order chi connectivity index (χ0) is 20.2. The molecule has 0 N–H and O–H groups in total. The Bertz CT molecular complexity index is 829. The van der Waals surface area contributed by atoms with E-state index in [1.165, 1.54) is 5.56 Å². The Labute approximate surface area is 172 Å². The highest BCUT2D eigenvalue weighted by Gasteiger charge is 2.48. The van der Waals surface area contributed by atoms with Crippen LogP contribution >= 0.6 is 0 Å². The number of methoxy groups -OCH3 is 2. The number of carbonyl (C=O) groups excluding carboxylic acids is 1. The number of hydrogen-bond donors (Lipinski definition) is 0. The summed E-state index contributed by atoms with van der Waals surface area (Å²) in [6.07, 6.45) is 4.08. The third-order valence-electron chi connectivity index (χ3n) is 6.13. The third kappa shape index (κ3) is 4.28. The van der Waals surface area contributed by atoms with E-state index in [0.29, 0.717) is 24.9 Å². The van der Waals surface area contributed by atoms with Gasteiger partial charge in [-0.1, -0.05) is 30.3 Å². The Morgan fingerprint density at radius 1 is 1.14 bits per heavy atom. The third-order valence-corrected chi connectivity index (χ3v) is 6.13. The van der Waals surface area contributed by atoms with E-state index in [2.05, 4.69) is 45.1 Å². The fourth-order valence-electron chi connectivity index (χ4n) is 4.85. The first kappa shape index (κ1) is 19.9. The van der Waals surface area contributed by atoms with E-state index in [0.717, 1.165) is 37.5 Å². The zero-order valence-corrected chi connectivity index (χ0v) is 17.2. The molecule has 1 aromatic heterocycles. The summed E-state index contributed by atoms with van der Waals surface area (Å²) in [5.74, 6) is 1.92. The summed E-state index contributed by atoms with van der Waals surface area (Å²) in [5, 5.41) is 0. The molecule has 154 valence electrons. The number of nitrogens with zero attached hydrogens (tertiary/aromatic N) is 3. The lowest BCUT2D eigenvalue weighted by Gasteiger charge is -2.30. The summed E-state index contributed by atoms with van der Waals surface area (Å²) < 4.78 is 10.4. The van der Waals surface area contributed by atoms with Crippen molar-refractivity contribution in [2.24, 2.45) is 11.8 Å². The molecule has 2 aliphatic heterocycles. The van der Waals surface area contributed by atoms with E-state index in [-0.39, 0.29) is 11.9 Å². The molecular formula is C23H29N3O3. The van der Waals surface area contributed by atoms with Gasteiger partial charge in [0.2, 0.25) is 5.91 Å². The predicted octanol–water partition coefficient (Wildman–Crippen LogP) is 2.76. The molecule has 1 amide bonds. The molecule has 4 rings (SSSR count). The quantitative estimate of drug-likeness (QED) is 0.722. The number of hydrogen-bond acceptors (Lipinski definition) is 5.